The lowest BCUT2D eigenvalue weighted by molar-refractivity contribution is 0.613. The fourth-order valence-corrected chi connectivity index (χ4v) is 2.09. The summed E-state index contributed by atoms with van der Waals surface area (Å²) in [5.74, 6) is -0.310. The van der Waals surface area contributed by atoms with Crippen molar-refractivity contribution in [2.24, 2.45) is 0 Å². The predicted molar refractivity (Wildman–Crippen MR) is 74.9 cm³/mol. The fourth-order valence-electron chi connectivity index (χ4n) is 1.68. The lowest BCUT2D eigenvalue weighted by Crippen LogP contribution is -2.04. The van der Waals surface area contributed by atoms with Gasteiger partial charge < -0.3 is 5.32 Å². The zero-order valence-electron chi connectivity index (χ0n) is 9.81. The smallest absolute Gasteiger partial charge is 0.129 e. The van der Waals surface area contributed by atoms with Gasteiger partial charge in [0.25, 0.3) is 0 Å². The topological polar surface area (TPSA) is 12.0 Å². The molecule has 0 bridgehead atoms. The highest BCUT2D eigenvalue weighted by Crippen LogP contribution is 2.25. The van der Waals surface area contributed by atoms with Crippen LogP contribution in [0.3, 0.4) is 0 Å². The van der Waals surface area contributed by atoms with Gasteiger partial charge in [-0.3, -0.25) is 0 Å². The molecule has 0 aliphatic carbocycles. The monoisotopic (exact) mass is 283 g/mol. The molecule has 0 aromatic heterocycles. The van der Waals surface area contributed by atoms with Crippen LogP contribution in [0.15, 0.2) is 36.4 Å². The van der Waals surface area contributed by atoms with Crippen LogP contribution in [-0.4, -0.2) is 0 Å². The highest BCUT2D eigenvalue weighted by molar-refractivity contribution is 6.32. The van der Waals surface area contributed by atoms with Crippen LogP contribution in [0.1, 0.15) is 11.1 Å². The second-order valence-electron chi connectivity index (χ2n) is 3.97. The molecule has 18 heavy (non-hydrogen) atoms. The average molecular weight is 284 g/mol. The summed E-state index contributed by atoms with van der Waals surface area (Å²) in [6.07, 6.45) is 0. The van der Waals surface area contributed by atoms with Crippen LogP contribution >= 0.6 is 23.2 Å². The van der Waals surface area contributed by atoms with Crippen LogP contribution in [0.5, 0.6) is 0 Å². The van der Waals surface area contributed by atoms with E-state index >= 15 is 0 Å². The van der Waals surface area contributed by atoms with Crippen molar-refractivity contribution in [1.29, 1.82) is 0 Å². The molecule has 0 saturated carbocycles. The first-order valence-electron chi connectivity index (χ1n) is 5.51. The molecule has 2 aromatic carbocycles. The van der Waals surface area contributed by atoms with Gasteiger partial charge in [0.2, 0.25) is 0 Å². The Morgan fingerprint density at radius 2 is 1.72 bits per heavy atom. The van der Waals surface area contributed by atoms with Gasteiger partial charge in [-0.2, -0.15) is 0 Å². The highest BCUT2D eigenvalue weighted by Gasteiger charge is 2.07. The maximum atomic E-state index is 13.6. The summed E-state index contributed by atoms with van der Waals surface area (Å²) in [5.41, 5.74) is 2.27. The molecular weight excluding hydrogens is 272 g/mol. The van der Waals surface area contributed by atoms with Crippen molar-refractivity contribution in [3.63, 3.8) is 0 Å². The van der Waals surface area contributed by atoms with Crippen LogP contribution in [0.4, 0.5) is 10.1 Å². The summed E-state index contributed by atoms with van der Waals surface area (Å²) in [4.78, 5) is 0. The van der Waals surface area contributed by atoms with Gasteiger partial charge in [-0.05, 0) is 36.8 Å². The average Bonchev–Trinajstić information content (AvgIpc) is 2.33. The Bertz CT molecular complexity index is 549. The molecule has 94 valence electrons. The van der Waals surface area contributed by atoms with Gasteiger partial charge in [-0.1, -0.05) is 35.3 Å². The SMILES string of the molecule is Cc1c(Cl)cccc1NCc1c(F)cccc1Cl. The molecular formula is C14H12Cl2FN. The molecule has 0 aliphatic heterocycles. The van der Waals surface area contributed by atoms with Crippen molar-refractivity contribution in [3.8, 4) is 0 Å². The third-order valence-corrected chi connectivity index (χ3v) is 3.55. The van der Waals surface area contributed by atoms with Crippen molar-refractivity contribution in [1.82, 2.24) is 0 Å². The number of halogens is 3. The van der Waals surface area contributed by atoms with E-state index in [-0.39, 0.29) is 5.82 Å². The van der Waals surface area contributed by atoms with Gasteiger partial charge in [0.05, 0.1) is 0 Å². The van der Waals surface area contributed by atoms with Crippen molar-refractivity contribution in [2.75, 3.05) is 5.32 Å². The molecule has 0 amide bonds. The first-order valence-corrected chi connectivity index (χ1v) is 6.27. The van der Waals surface area contributed by atoms with Crippen LogP contribution in [0.25, 0.3) is 0 Å². The van der Waals surface area contributed by atoms with E-state index in [4.69, 9.17) is 23.2 Å². The van der Waals surface area contributed by atoms with Crippen LogP contribution < -0.4 is 5.32 Å². The number of hydrogen-bond donors (Lipinski definition) is 1. The Hall–Kier alpha value is -1.25. The summed E-state index contributed by atoms with van der Waals surface area (Å²) in [5, 5.41) is 4.24. The maximum absolute atomic E-state index is 13.6. The minimum Gasteiger partial charge on any atom is -0.381 e. The van der Waals surface area contributed by atoms with Gasteiger partial charge in [0.1, 0.15) is 5.82 Å². The Labute approximate surface area is 116 Å². The summed E-state index contributed by atoms with van der Waals surface area (Å²) in [6.45, 7) is 2.24. The van der Waals surface area contributed by atoms with E-state index in [2.05, 4.69) is 5.32 Å². The zero-order valence-corrected chi connectivity index (χ0v) is 11.3. The van der Waals surface area contributed by atoms with Gasteiger partial charge >= 0.3 is 0 Å². The molecule has 0 aliphatic rings. The largest absolute Gasteiger partial charge is 0.381 e. The fraction of sp³-hybridized carbons (Fsp3) is 0.143. The predicted octanol–water partition coefficient (Wildman–Crippen LogP) is 5.05. The van der Waals surface area contributed by atoms with E-state index in [9.17, 15) is 4.39 Å². The minimum absolute atomic E-state index is 0.310. The Balaban J connectivity index is 2.19. The quantitative estimate of drug-likeness (QED) is 0.831. The van der Waals surface area contributed by atoms with Crippen LogP contribution in [0.2, 0.25) is 10.0 Å². The number of hydrogen-bond acceptors (Lipinski definition) is 1. The number of benzene rings is 2. The van der Waals surface area contributed by atoms with Gasteiger partial charge in [-0.25, -0.2) is 4.39 Å². The number of rotatable bonds is 3. The normalized spacial score (nSPS) is 10.4. The molecule has 0 unspecified atom stereocenters. The molecule has 0 radical (unpaired) electrons. The number of nitrogens with one attached hydrogen (secondary N) is 1. The van der Waals surface area contributed by atoms with Crippen molar-refractivity contribution in [2.45, 2.75) is 13.5 Å². The van der Waals surface area contributed by atoms with Gasteiger partial charge in [-0.15, -0.1) is 0 Å². The van der Waals surface area contributed by atoms with Crippen LogP contribution in [-0.2, 0) is 6.54 Å². The van der Waals surface area contributed by atoms with E-state index < -0.39 is 0 Å². The van der Waals surface area contributed by atoms with E-state index in [0.29, 0.717) is 22.2 Å². The molecule has 0 heterocycles. The first-order chi connectivity index (χ1) is 8.59. The van der Waals surface area contributed by atoms with E-state index in [1.165, 1.54) is 6.07 Å². The molecule has 2 rings (SSSR count). The van der Waals surface area contributed by atoms with E-state index in [1.807, 2.05) is 25.1 Å². The summed E-state index contributed by atoms with van der Waals surface area (Å²) in [7, 11) is 0. The Kier molecular flexibility index (Phi) is 4.10. The second-order valence-corrected chi connectivity index (χ2v) is 4.78. The maximum Gasteiger partial charge on any atom is 0.129 e. The van der Waals surface area contributed by atoms with Crippen molar-refractivity contribution in [3.05, 3.63) is 63.4 Å². The standard InChI is InChI=1S/C14H12Cl2FN/c1-9-11(15)4-3-7-14(9)18-8-10-12(16)5-2-6-13(10)17/h2-7,18H,8H2,1H3. The molecule has 0 fully saturated rings. The first kappa shape index (κ1) is 13.2. The summed E-state index contributed by atoms with van der Waals surface area (Å²) < 4.78 is 13.6. The molecule has 1 N–H and O–H groups in total. The van der Waals surface area contributed by atoms with Crippen molar-refractivity contribution >= 4 is 28.9 Å². The van der Waals surface area contributed by atoms with Gasteiger partial charge in [0.15, 0.2) is 0 Å². The summed E-state index contributed by atoms with van der Waals surface area (Å²) >= 11 is 12.0. The molecule has 2 aromatic rings. The van der Waals surface area contributed by atoms with Gasteiger partial charge in [0, 0.05) is 27.8 Å². The molecule has 0 atom stereocenters. The molecule has 4 heteroatoms. The lowest BCUT2D eigenvalue weighted by Gasteiger charge is -2.12. The highest BCUT2D eigenvalue weighted by atomic mass is 35.5. The molecule has 1 nitrogen and oxygen atoms in total. The van der Waals surface area contributed by atoms with E-state index in [1.54, 1.807) is 12.1 Å². The van der Waals surface area contributed by atoms with Crippen LogP contribution in [0, 0.1) is 12.7 Å². The summed E-state index contributed by atoms with van der Waals surface area (Å²) in [6, 6.07) is 10.2. The van der Waals surface area contributed by atoms with E-state index in [0.717, 1.165) is 11.3 Å². The third-order valence-electron chi connectivity index (χ3n) is 2.78. The minimum atomic E-state index is -0.310. The second kappa shape index (κ2) is 5.59. The van der Waals surface area contributed by atoms with Crippen molar-refractivity contribution < 1.29 is 4.39 Å². The molecule has 0 saturated heterocycles. The zero-order chi connectivity index (χ0) is 13.1. The Morgan fingerprint density at radius 1 is 1.06 bits per heavy atom. The Morgan fingerprint density at radius 3 is 2.44 bits per heavy atom. The lowest BCUT2D eigenvalue weighted by atomic mass is 10.1. The number of anilines is 1. The third kappa shape index (κ3) is 2.77. The molecule has 0 spiro atoms.